The predicted molar refractivity (Wildman–Crippen MR) is 95.9 cm³/mol. The van der Waals surface area contributed by atoms with Crippen LogP contribution in [0, 0.1) is 10.8 Å². The normalized spacial score (nSPS) is 17.5. The molecule has 0 heterocycles. The van der Waals surface area contributed by atoms with Crippen molar-refractivity contribution in [1.29, 1.82) is 0 Å². The van der Waals surface area contributed by atoms with Gasteiger partial charge in [0, 0.05) is 5.41 Å². The van der Waals surface area contributed by atoms with Gasteiger partial charge in [0.15, 0.2) is 0 Å². The van der Waals surface area contributed by atoms with Crippen LogP contribution in [0.15, 0.2) is 0 Å². The lowest BCUT2D eigenvalue weighted by Gasteiger charge is -2.18. The second kappa shape index (κ2) is 9.55. The Morgan fingerprint density at radius 3 is 2.00 bits per heavy atom. The third-order valence-corrected chi connectivity index (χ3v) is 5.71. The highest BCUT2D eigenvalue weighted by Gasteiger charge is 2.46. The Labute approximate surface area is 147 Å². The lowest BCUT2D eigenvalue weighted by molar-refractivity contribution is -0.147. The smallest absolute Gasteiger partial charge is 0.309 e. The number of aliphatic hydroxyl groups excluding tert-OH is 1. The standard InChI is InChI=1S/C20H36O4/c1-16(21)20(14-15-20)13-9-5-7-11-17(22)10-6-4-8-12-19(2,3)18(23)24/h17,22H,4-15H2,1-3H3,(H,23,24). The quantitative estimate of drug-likeness (QED) is 0.448. The molecule has 0 bridgehead atoms. The maximum Gasteiger partial charge on any atom is 0.309 e. The van der Waals surface area contributed by atoms with Gasteiger partial charge in [-0.15, -0.1) is 0 Å². The van der Waals surface area contributed by atoms with Crippen molar-refractivity contribution in [2.24, 2.45) is 10.8 Å². The van der Waals surface area contributed by atoms with Gasteiger partial charge in [-0.1, -0.05) is 38.5 Å². The molecule has 0 aromatic carbocycles. The topological polar surface area (TPSA) is 74.6 Å². The van der Waals surface area contributed by atoms with Gasteiger partial charge in [0.2, 0.25) is 0 Å². The van der Waals surface area contributed by atoms with Gasteiger partial charge in [-0.3, -0.25) is 9.59 Å². The summed E-state index contributed by atoms with van der Waals surface area (Å²) in [5.74, 6) is -0.381. The van der Waals surface area contributed by atoms with E-state index in [4.69, 9.17) is 5.11 Å². The fraction of sp³-hybridized carbons (Fsp3) is 0.900. The average molecular weight is 341 g/mol. The Hall–Kier alpha value is -0.900. The molecule has 0 aliphatic heterocycles. The molecule has 1 atom stereocenters. The highest BCUT2D eigenvalue weighted by atomic mass is 16.4. The minimum Gasteiger partial charge on any atom is -0.481 e. The molecule has 4 nitrogen and oxygen atoms in total. The lowest BCUT2D eigenvalue weighted by Crippen LogP contribution is -2.23. The molecule has 4 heteroatoms. The van der Waals surface area contributed by atoms with Gasteiger partial charge in [0.05, 0.1) is 11.5 Å². The molecule has 0 aromatic heterocycles. The van der Waals surface area contributed by atoms with E-state index < -0.39 is 11.4 Å². The number of Topliss-reactive ketones (excluding diaryl/α,β-unsaturated/α-hetero) is 1. The highest BCUT2D eigenvalue weighted by molar-refractivity contribution is 5.84. The van der Waals surface area contributed by atoms with Gasteiger partial charge >= 0.3 is 5.97 Å². The molecule has 140 valence electrons. The molecule has 1 saturated carbocycles. The Balaban J connectivity index is 1.96. The van der Waals surface area contributed by atoms with Crippen molar-refractivity contribution in [2.45, 2.75) is 104 Å². The first-order valence-electron chi connectivity index (χ1n) is 9.62. The monoisotopic (exact) mass is 340 g/mol. The van der Waals surface area contributed by atoms with Crippen LogP contribution in [0.5, 0.6) is 0 Å². The zero-order valence-electron chi connectivity index (χ0n) is 15.8. The number of hydrogen-bond acceptors (Lipinski definition) is 3. The summed E-state index contributed by atoms with van der Waals surface area (Å²) in [6, 6.07) is 0. The molecule has 1 fully saturated rings. The number of carbonyl (C=O) groups is 2. The molecular formula is C20H36O4. The molecule has 0 aromatic rings. The van der Waals surface area contributed by atoms with Gasteiger partial charge in [0.1, 0.15) is 5.78 Å². The number of carbonyl (C=O) groups excluding carboxylic acids is 1. The van der Waals surface area contributed by atoms with Crippen molar-refractivity contribution in [3.05, 3.63) is 0 Å². The summed E-state index contributed by atoms with van der Waals surface area (Å²) >= 11 is 0. The van der Waals surface area contributed by atoms with E-state index in [-0.39, 0.29) is 11.5 Å². The van der Waals surface area contributed by atoms with Gasteiger partial charge in [-0.2, -0.15) is 0 Å². The maximum absolute atomic E-state index is 11.5. The molecule has 0 spiro atoms. The average Bonchev–Trinajstić information content (AvgIpc) is 3.27. The molecule has 0 saturated heterocycles. The van der Waals surface area contributed by atoms with Gasteiger partial charge in [-0.25, -0.2) is 0 Å². The van der Waals surface area contributed by atoms with Crippen LogP contribution in [-0.2, 0) is 9.59 Å². The van der Waals surface area contributed by atoms with E-state index >= 15 is 0 Å². The van der Waals surface area contributed by atoms with Gasteiger partial charge < -0.3 is 10.2 Å². The molecule has 0 radical (unpaired) electrons. The fourth-order valence-corrected chi connectivity index (χ4v) is 3.32. The summed E-state index contributed by atoms with van der Waals surface area (Å²) in [7, 11) is 0. The maximum atomic E-state index is 11.5. The number of carboxylic acids is 1. The van der Waals surface area contributed by atoms with E-state index in [0.717, 1.165) is 70.6 Å². The van der Waals surface area contributed by atoms with E-state index in [1.54, 1.807) is 20.8 Å². The molecule has 1 aliphatic rings. The summed E-state index contributed by atoms with van der Waals surface area (Å²) in [5, 5.41) is 19.1. The summed E-state index contributed by atoms with van der Waals surface area (Å²) < 4.78 is 0. The van der Waals surface area contributed by atoms with Crippen LogP contribution in [0.1, 0.15) is 97.8 Å². The van der Waals surface area contributed by atoms with Crippen LogP contribution >= 0.6 is 0 Å². The van der Waals surface area contributed by atoms with Crippen LogP contribution < -0.4 is 0 Å². The predicted octanol–water partition coefficient (Wildman–Crippen LogP) is 4.73. The molecule has 24 heavy (non-hydrogen) atoms. The lowest BCUT2D eigenvalue weighted by atomic mass is 9.87. The van der Waals surface area contributed by atoms with Crippen molar-refractivity contribution in [3.8, 4) is 0 Å². The number of carboxylic acid groups (broad SMARTS) is 1. The molecular weight excluding hydrogens is 304 g/mol. The third-order valence-electron chi connectivity index (χ3n) is 5.71. The van der Waals surface area contributed by atoms with E-state index in [0.29, 0.717) is 12.2 Å². The highest BCUT2D eigenvalue weighted by Crippen LogP contribution is 2.50. The number of hydrogen-bond donors (Lipinski definition) is 2. The second-order valence-corrected chi connectivity index (χ2v) is 8.38. The first-order valence-corrected chi connectivity index (χ1v) is 9.62. The Morgan fingerprint density at radius 1 is 1.00 bits per heavy atom. The van der Waals surface area contributed by atoms with Crippen molar-refractivity contribution in [1.82, 2.24) is 0 Å². The van der Waals surface area contributed by atoms with Crippen LogP contribution in [0.4, 0.5) is 0 Å². The molecule has 2 N–H and O–H groups in total. The van der Waals surface area contributed by atoms with Crippen LogP contribution in [0.2, 0.25) is 0 Å². The zero-order chi connectivity index (χ0) is 18.2. The van der Waals surface area contributed by atoms with Crippen LogP contribution in [-0.4, -0.2) is 28.1 Å². The van der Waals surface area contributed by atoms with Crippen molar-refractivity contribution < 1.29 is 19.8 Å². The molecule has 1 aliphatic carbocycles. The first kappa shape index (κ1) is 21.1. The first-order chi connectivity index (χ1) is 11.2. The largest absolute Gasteiger partial charge is 0.481 e. The number of rotatable bonds is 14. The fourth-order valence-electron chi connectivity index (χ4n) is 3.32. The number of unbranched alkanes of at least 4 members (excludes halogenated alkanes) is 4. The minimum absolute atomic E-state index is 0.0301. The number of ketones is 1. The third kappa shape index (κ3) is 7.33. The number of aliphatic carboxylic acids is 1. The van der Waals surface area contributed by atoms with Crippen LogP contribution in [0.25, 0.3) is 0 Å². The number of aliphatic hydroxyl groups is 1. The van der Waals surface area contributed by atoms with E-state index in [1.165, 1.54) is 0 Å². The van der Waals surface area contributed by atoms with E-state index in [9.17, 15) is 14.7 Å². The molecule has 1 rings (SSSR count). The van der Waals surface area contributed by atoms with E-state index in [2.05, 4.69) is 0 Å². The summed E-state index contributed by atoms with van der Waals surface area (Å²) in [6.45, 7) is 5.25. The van der Waals surface area contributed by atoms with Crippen molar-refractivity contribution in [2.75, 3.05) is 0 Å². The Kier molecular flexibility index (Phi) is 8.41. The van der Waals surface area contributed by atoms with Crippen molar-refractivity contribution >= 4 is 11.8 Å². The Morgan fingerprint density at radius 2 is 1.54 bits per heavy atom. The van der Waals surface area contributed by atoms with Gasteiger partial charge in [0.25, 0.3) is 0 Å². The van der Waals surface area contributed by atoms with E-state index in [1.807, 2.05) is 0 Å². The van der Waals surface area contributed by atoms with Gasteiger partial charge in [-0.05, 0) is 59.3 Å². The molecule has 0 amide bonds. The summed E-state index contributed by atoms with van der Waals surface area (Å²) in [6.07, 6.45) is 11.3. The Bertz CT molecular complexity index is 384. The summed E-state index contributed by atoms with van der Waals surface area (Å²) in [5.41, 5.74) is -0.611. The zero-order valence-corrected chi connectivity index (χ0v) is 15.8. The molecule has 1 unspecified atom stereocenters. The SMILES string of the molecule is CC(=O)C1(CCCCCC(O)CCCCCC(C)(C)C(=O)O)CC1. The van der Waals surface area contributed by atoms with Crippen LogP contribution in [0.3, 0.4) is 0 Å². The van der Waals surface area contributed by atoms with Crippen molar-refractivity contribution in [3.63, 3.8) is 0 Å². The summed E-state index contributed by atoms with van der Waals surface area (Å²) in [4.78, 5) is 22.5. The second-order valence-electron chi connectivity index (χ2n) is 8.38. The minimum atomic E-state index is -0.736.